The Labute approximate surface area is 175 Å². The van der Waals surface area contributed by atoms with Crippen molar-refractivity contribution in [3.8, 4) is 11.1 Å². The molecule has 0 unspecified atom stereocenters. The lowest BCUT2D eigenvalue weighted by molar-refractivity contribution is 0.272. The Bertz CT molecular complexity index is 849. The Hall–Kier alpha value is -1.40. The summed E-state index contributed by atoms with van der Waals surface area (Å²) in [5.41, 5.74) is 3.48. The van der Waals surface area contributed by atoms with E-state index in [9.17, 15) is 8.42 Å². The molecule has 28 heavy (non-hydrogen) atoms. The van der Waals surface area contributed by atoms with E-state index in [1.165, 1.54) is 24.9 Å². The van der Waals surface area contributed by atoms with Crippen molar-refractivity contribution < 1.29 is 8.42 Å². The van der Waals surface area contributed by atoms with Crippen LogP contribution in [0.15, 0.2) is 53.4 Å². The predicted molar refractivity (Wildman–Crippen MR) is 119 cm³/mol. The molecule has 0 saturated carbocycles. The molecular formula is C22H31ClN2O2S. The number of sulfonamides is 1. The fourth-order valence-electron chi connectivity index (χ4n) is 3.67. The van der Waals surface area contributed by atoms with Gasteiger partial charge in [0, 0.05) is 18.6 Å². The summed E-state index contributed by atoms with van der Waals surface area (Å²) in [6, 6.07) is 16.3. The topological polar surface area (TPSA) is 49.4 Å². The Kier molecular flexibility index (Phi) is 8.07. The second-order valence-corrected chi connectivity index (χ2v) is 9.49. The van der Waals surface area contributed by atoms with Gasteiger partial charge in [0.05, 0.1) is 4.90 Å². The summed E-state index contributed by atoms with van der Waals surface area (Å²) in [4.78, 5) is 2.87. The van der Waals surface area contributed by atoms with Crippen molar-refractivity contribution in [3.05, 3.63) is 54.1 Å². The molecule has 1 aliphatic heterocycles. The van der Waals surface area contributed by atoms with Crippen LogP contribution in [0.3, 0.4) is 0 Å². The minimum atomic E-state index is -3.44. The van der Waals surface area contributed by atoms with E-state index in [4.69, 9.17) is 0 Å². The fraction of sp³-hybridized carbons (Fsp3) is 0.455. The molecule has 2 aromatic rings. The smallest absolute Gasteiger partial charge is 0.240 e. The van der Waals surface area contributed by atoms with Crippen LogP contribution in [0.25, 0.3) is 11.1 Å². The summed E-state index contributed by atoms with van der Waals surface area (Å²) >= 11 is 0. The number of likely N-dealkylation sites (tertiary alicyclic amines) is 1. The van der Waals surface area contributed by atoms with Gasteiger partial charge in [0.15, 0.2) is 0 Å². The zero-order valence-corrected chi connectivity index (χ0v) is 18.5. The Morgan fingerprint density at radius 1 is 1.04 bits per heavy atom. The minimum Gasteiger partial charge on any atom is -0.300 e. The maximum atomic E-state index is 12.2. The lowest BCUT2D eigenvalue weighted by Crippen LogP contribution is -2.30. The van der Waals surface area contributed by atoms with Crippen LogP contribution in [-0.2, 0) is 16.4 Å². The van der Waals surface area contributed by atoms with E-state index in [2.05, 4.69) is 40.8 Å². The van der Waals surface area contributed by atoms with Crippen molar-refractivity contribution >= 4 is 22.4 Å². The van der Waals surface area contributed by atoms with Gasteiger partial charge in [-0.25, -0.2) is 13.1 Å². The molecule has 0 amide bonds. The second kappa shape index (κ2) is 9.88. The molecule has 1 aliphatic rings. The number of rotatable bonds is 7. The maximum Gasteiger partial charge on any atom is 0.240 e. The first-order chi connectivity index (χ1) is 12.8. The van der Waals surface area contributed by atoms with E-state index in [0.717, 1.165) is 24.1 Å². The highest BCUT2D eigenvalue weighted by Gasteiger charge is 2.19. The summed E-state index contributed by atoms with van der Waals surface area (Å²) < 4.78 is 27.1. The van der Waals surface area contributed by atoms with Crippen LogP contribution in [0.4, 0.5) is 0 Å². The third kappa shape index (κ3) is 5.80. The number of nitrogens with one attached hydrogen (secondary N) is 1. The molecule has 6 heteroatoms. The largest absolute Gasteiger partial charge is 0.300 e. The van der Waals surface area contributed by atoms with Crippen molar-refractivity contribution in [1.29, 1.82) is 0 Å². The normalized spacial score (nSPS) is 17.6. The van der Waals surface area contributed by atoms with E-state index < -0.39 is 10.0 Å². The molecule has 4 nitrogen and oxygen atoms in total. The number of hydrogen-bond donors (Lipinski definition) is 1. The molecule has 1 fully saturated rings. The first-order valence-electron chi connectivity index (χ1n) is 9.81. The molecule has 2 aromatic carbocycles. The second-order valence-electron chi connectivity index (χ2n) is 7.77. The monoisotopic (exact) mass is 422 g/mol. The number of benzene rings is 2. The Morgan fingerprint density at radius 2 is 1.61 bits per heavy atom. The van der Waals surface area contributed by atoms with Crippen molar-refractivity contribution in [2.45, 2.75) is 57.0 Å². The van der Waals surface area contributed by atoms with Gasteiger partial charge in [-0.15, -0.1) is 12.4 Å². The average molecular weight is 423 g/mol. The maximum absolute atomic E-state index is 12.2. The lowest BCUT2D eigenvalue weighted by Gasteiger charge is -2.20. The van der Waals surface area contributed by atoms with Crippen LogP contribution in [-0.4, -0.2) is 38.5 Å². The van der Waals surface area contributed by atoms with Gasteiger partial charge in [-0.1, -0.05) is 36.4 Å². The van der Waals surface area contributed by atoms with Gasteiger partial charge in [-0.2, -0.15) is 0 Å². The SMILES string of the molecule is CC(C)NS(=O)(=O)c1ccc(-c2ccc(CCN3CCC[C@H]3C)cc2)cc1.Cl. The summed E-state index contributed by atoms with van der Waals surface area (Å²) in [5.74, 6) is 0. The molecule has 3 rings (SSSR count). The third-order valence-electron chi connectivity index (χ3n) is 5.22. The summed E-state index contributed by atoms with van der Waals surface area (Å²) in [5, 5.41) is 0. The molecule has 0 bridgehead atoms. The van der Waals surface area contributed by atoms with E-state index in [-0.39, 0.29) is 18.4 Å². The molecule has 0 aliphatic carbocycles. The van der Waals surface area contributed by atoms with Gasteiger partial charge in [0.1, 0.15) is 0 Å². The lowest BCUT2D eigenvalue weighted by atomic mass is 10.0. The zero-order valence-electron chi connectivity index (χ0n) is 16.9. The first-order valence-corrected chi connectivity index (χ1v) is 11.3. The van der Waals surface area contributed by atoms with Crippen LogP contribution < -0.4 is 4.72 Å². The average Bonchev–Trinajstić information content (AvgIpc) is 3.04. The van der Waals surface area contributed by atoms with E-state index in [0.29, 0.717) is 10.9 Å². The first kappa shape index (κ1) is 22.9. The minimum absolute atomic E-state index is 0. The third-order valence-corrected chi connectivity index (χ3v) is 6.90. The molecule has 1 saturated heterocycles. The molecule has 0 spiro atoms. The van der Waals surface area contributed by atoms with Crippen LogP contribution in [0, 0.1) is 0 Å². The van der Waals surface area contributed by atoms with Crippen molar-refractivity contribution in [2.24, 2.45) is 0 Å². The van der Waals surface area contributed by atoms with Crippen molar-refractivity contribution in [3.63, 3.8) is 0 Å². The number of halogens is 1. The quantitative estimate of drug-likeness (QED) is 0.715. The van der Waals surface area contributed by atoms with Gasteiger partial charge in [0.25, 0.3) is 0 Å². The number of hydrogen-bond acceptors (Lipinski definition) is 3. The van der Waals surface area contributed by atoms with Gasteiger partial charge < -0.3 is 4.90 Å². The molecule has 1 atom stereocenters. The summed E-state index contributed by atoms with van der Waals surface area (Å²) in [6.45, 7) is 8.29. The van der Waals surface area contributed by atoms with E-state index >= 15 is 0 Å². The predicted octanol–water partition coefficient (Wildman–Crippen LogP) is 4.49. The molecule has 1 N–H and O–H groups in total. The summed E-state index contributed by atoms with van der Waals surface area (Å²) in [6.07, 6.45) is 3.71. The number of nitrogens with zero attached hydrogens (tertiary/aromatic N) is 1. The van der Waals surface area contributed by atoms with Crippen LogP contribution in [0.2, 0.25) is 0 Å². The molecule has 154 valence electrons. The highest BCUT2D eigenvalue weighted by Crippen LogP contribution is 2.23. The summed E-state index contributed by atoms with van der Waals surface area (Å²) in [7, 11) is -3.44. The van der Waals surface area contributed by atoms with Crippen molar-refractivity contribution in [1.82, 2.24) is 9.62 Å². The van der Waals surface area contributed by atoms with E-state index in [1.54, 1.807) is 12.1 Å². The highest BCUT2D eigenvalue weighted by molar-refractivity contribution is 7.89. The standard InChI is InChI=1S/C22H30N2O2S.ClH/c1-17(2)23-27(25,26)22-12-10-21(11-13-22)20-8-6-19(7-9-20)14-16-24-15-4-5-18(24)3;/h6-13,17-18,23H,4-5,14-16H2,1-3H3;1H/t18-;/m1./s1. The van der Waals surface area contributed by atoms with Gasteiger partial charge >= 0.3 is 0 Å². The Morgan fingerprint density at radius 3 is 2.11 bits per heavy atom. The van der Waals surface area contributed by atoms with Gasteiger partial charge in [-0.3, -0.25) is 0 Å². The molecule has 0 radical (unpaired) electrons. The molecule has 0 aromatic heterocycles. The Balaban J connectivity index is 0.00000280. The van der Waals surface area contributed by atoms with Crippen molar-refractivity contribution in [2.75, 3.05) is 13.1 Å². The van der Waals surface area contributed by atoms with Crippen LogP contribution >= 0.6 is 12.4 Å². The zero-order chi connectivity index (χ0) is 19.4. The molecular weight excluding hydrogens is 392 g/mol. The van der Waals surface area contributed by atoms with Gasteiger partial charge in [0.2, 0.25) is 10.0 Å². The molecule has 1 heterocycles. The van der Waals surface area contributed by atoms with Gasteiger partial charge in [-0.05, 0) is 75.4 Å². The highest BCUT2D eigenvalue weighted by atomic mass is 35.5. The fourth-order valence-corrected chi connectivity index (χ4v) is 4.92. The van der Waals surface area contributed by atoms with Crippen LogP contribution in [0.1, 0.15) is 39.2 Å². The van der Waals surface area contributed by atoms with E-state index in [1.807, 2.05) is 26.0 Å². The van der Waals surface area contributed by atoms with Crippen LogP contribution in [0.5, 0.6) is 0 Å².